The summed E-state index contributed by atoms with van der Waals surface area (Å²) in [4.78, 5) is 32.9. The van der Waals surface area contributed by atoms with E-state index in [-0.39, 0.29) is 17.2 Å². The average Bonchev–Trinajstić information content (AvgIpc) is 3.23. The summed E-state index contributed by atoms with van der Waals surface area (Å²) in [6.07, 6.45) is 4.89. The highest BCUT2D eigenvalue weighted by molar-refractivity contribution is 7.99. The van der Waals surface area contributed by atoms with Gasteiger partial charge in [0.2, 0.25) is 5.91 Å². The van der Waals surface area contributed by atoms with Crippen molar-refractivity contribution >= 4 is 39.2 Å². The fourth-order valence-electron chi connectivity index (χ4n) is 4.30. The predicted octanol–water partition coefficient (Wildman–Crippen LogP) is 4.38. The fourth-order valence-corrected chi connectivity index (χ4v) is 6.43. The number of ether oxygens (including phenoxy) is 2. The number of amides is 1. The molecule has 0 radical (unpaired) electrons. The standard InChI is InChI=1S/C26H31N3O4S2/c1-16(2)14-29-25(31)23-18-7-5-6-8-21(18)35-24(23)28-26(29)34-15-22(30)27-12-11-17-9-10-19(32-3)20(13-17)33-4/h9-10,13H,1,5-8,11-12,14-15H2,2-4H3,(H,27,30). The van der Waals surface area contributed by atoms with Crippen LogP contribution >= 0.6 is 23.1 Å². The first-order valence-electron chi connectivity index (χ1n) is 11.7. The lowest BCUT2D eigenvalue weighted by atomic mass is 9.97. The summed E-state index contributed by atoms with van der Waals surface area (Å²) >= 11 is 2.93. The molecule has 2 aromatic heterocycles. The third-order valence-corrected chi connectivity index (χ3v) is 8.15. The number of fused-ring (bicyclic) bond motifs is 3. The second-order valence-corrected chi connectivity index (χ2v) is 10.7. The molecule has 1 amide bonds. The first-order valence-corrected chi connectivity index (χ1v) is 13.5. The van der Waals surface area contributed by atoms with Crippen LogP contribution < -0.4 is 20.3 Å². The van der Waals surface area contributed by atoms with Crippen molar-refractivity contribution in [3.8, 4) is 11.5 Å². The van der Waals surface area contributed by atoms with Crippen molar-refractivity contribution in [1.29, 1.82) is 0 Å². The van der Waals surface area contributed by atoms with Gasteiger partial charge in [0.25, 0.3) is 5.56 Å². The third kappa shape index (κ3) is 5.73. The van der Waals surface area contributed by atoms with Gasteiger partial charge in [-0.15, -0.1) is 11.3 Å². The monoisotopic (exact) mass is 513 g/mol. The van der Waals surface area contributed by atoms with E-state index in [4.69, 9.17) is 14.5 Å². The fraction of sp³-hybridized carbons (Fsp3) is 0.423. The summed E-state index contributed by atoms with van der Waals surface area (Å²) in [5.74, 6) is 1.43. The number of methoxy groups -OCH3 is 2. The number of benzene rings is 1. The average molecular weight is 514 g/mol. The zero-order valence-electron chi connectivity index (χ0n) is 20.4. The molecule has 9 heteroatoms. The van der Waals surface area contributed by atoms with Gasteiger partial charge in [-0.25, -0.2) is 4.98 Å². The number of allylic oxidation sites excluding steroid dienone is 1. The summed E-state index contributed by atoms with van der Waals surface area (Å²) in [5, 5.41) is 4.28. The predicted molar refractivity (Wildman–Crippen MR) is 142 cm³/mol. The van der Waals surface area contributed by atoms with E-state index in [0.29, 0.717) is 36.2 Å². The van der Waals surface area contributed by atoms with Gasteiger partial charge >= 0.3 is 0 Å². The van der Waals surface area contributed by atoms with Gasteiger partial charge in [-0.05, 0) is 62.3 Å². The maximum Gasteiger partial charge on any atom is 0.263 e. The molecular formula is C26H31N3O4S2. The number of aromatic nitrogens is 2. The van der Waals surface area contributed by atoms with E-state index < -0.39 is 0 Å². The van der Waals surface area contributed by atoms with Crippen LogP contribution in [0.1, 0.15) is 35.8 Å². The van der Waals surface area contributed by atoms with Gasteiger partial charge in [0.05, 0.1) is 25.4 Å². The molecule has 0 spiro atoms. The van der Waals surface area contributed by atoms with Gasteiger partial charge in [0.15, 0.2) is 16.7 Å². The third-order valence-electron chi connectivity index (χ3n) is 5.98. The van der Waals surface area contributed by atoms with Gasteiger partial charge in [0.1, 0.15) is 4.83 Å². The molecule has 4 rings (SSSR count). The Labute approximate surface area is 213 Å². The number of carbonyl (C=O) groups is 1. The Hall–Kier alpha value is -2.78. The van der Waals surface area contributed by atoms with Gasteiger partial charge in [-0.1, -0.05) is 30.0 Å². The second kappa shape index (κ2) is 11.3. The largest absolute Gasteiger partial charge is 0.493 e. The van der Waals surface area contributed by atoms with Crippen molar-refractivity contribution in [3.63, 3.8) is 0 Å². The lowest BCUT2D eigenvalue weighted by Gasteiger charge is -2.13. The SMILES string of the molecule is C=C(C)Cn1c(SCC(=O)NCCc2ccc(OC)c(OC)c2)nc2sc3c(c2c1=O)CCCC3. The normalized spacial score (nSPS) is 12.9. The van der Waals surface area contributed by atoms with E-state index in [0.717, 1.165) is 47.0 Å². The number of aryl methyl sites for hydroxylation is 2. The number of carbonyl (C=O) groups excluding carboxylic acids is 1. The highest BCUT2D eigenvalue weighted by Gasteiger charge is 2.22. The lowest BCUT2D eigenvalue weighted by molar-refractivity contribution is -0.118. The van der Waals surface area contributed by atoms with Crippen LogP contribution in [0, 0.1) is 0 Å². The summed E-state index contributed by atoms with van der Waals surface area (Å²) in [5.41, 5.74) is 3.07. The molecule has 1 aliphatic carbocycles. The van der Waals surface area contributed by atoms with Crippen LogP contribution in [-0.4, -0.2) is 42.0 Å². The van der Waals surface area contributed by atoms with Crippen LogP contribution in [0.2, 0.25) is 0 Å². The smallest absolute Gasteiger partial charge is 0.263 e. The second-order valence-electron chi connectivity index (χ2n) is 8.71. The minimum absolute atomic E-state index is 0.0197. The topological polar surface area (TPSA) is 82.5 Å². The maximum absolute atomic E-state index is 13.4. The minimum Gasteiger partial charge on any atom is -0.493 e. The van der Waals surface area contributed by atoms with Crippen LogP contribution in [0.3, 0.4) is 0 Å². The van der Waals surface area contributed by atoms with E-state index in [2.05, 4.69) is 11.9 Å². The van der Waals surface area contributed by atoms with Crippen molar-refractivity contribution in [2.45, 2.75) is 50.7 Å². The van der Waals surface area contributed by atoms with E-state index in [9.17, 15) is 9.59 Å². The first kappa shape index (κ1) is 25.3. The van der Waals surface area contributed by atoms with Crippen LogP contribution in [0.5, 0.6) is 11.5 Å². The molecule has 35 heavy (non-hydrogen) atoms. The Morgan fingerprint density at radius 2 is 2.00 bits per heavy atom. The van der Waals surface area contributed by atoms with Crippen molar-refractivity contribution in [2.75, 3.05) is 26.5 Å². The Morgan fingerprint density at radius 1 is 1.23 bits per heavy atom. The van der Waals surface area contributed by atoms with Gasteiger partial charge in [0, 0.05) is 18.0 Å². The molecule has 7 nitrogen and oxygen atoms in total. The molecular weight excluding hydrogens is 482 g/mol. The molecule has 1 aliphatic rings. The van der Waals surface area contributed by atoms with Crippen LogP contribution in [0.15, 0.2) is 40.3 Å². The van der Waals surface area contributed by atoms with Crippen molar-refractivity contribution < 1.29 is 14.3 Å². The van der Waals surface area contributed by atoms with E-state index in [1.807, 2.05) is 25.1 Å². The summed E-state index contributed by atoms with van der Waals surface area (Å²) < 4.78 is 12.3. The molecule has 0 atom stereocenters. The van der Waals surface area contributed by atoms with Crippen LogP contribution in [0.4, 0.5) is 0 Å². The number of hydrogen-bond acceptors (Lipinski definition) is 7. The molecule has 0 saturated carbocycles. The van der Waals surface area contributed by atoms with Crippen molar-refractivity contribution in [1.82, 2.24) is 14.9 Å². The Balaban J connectivity index is 1.44. The number of rotatable bonds is 10. The number of thiophene rings is 1. The molecule has 186 valence electrons. The molecule has 0 saturated heterocycles. The van der Waals surface area contributed by atoms with E-state index >= 15 is 0 Å². The molecule has 0 bridgehead atoms. The summed E-state index contributed by atoms with van der Waals surface area (Å²) in [6.45, 7) is 6.78. The molecule has 2 heterocycles. The molecule has 0 aliphatic heterocycles. The molecule has 3 aromatic rings. The van der Waals surface area contributed by atoms with E-state index in [1.54, 1.807) is 30.1 Å². The summed E-state index contributed by atoms with van der Waals surface area (Å²) in [7, 11) is 3.20. The van der Waals surface area contributed by atoms with E-state index in [1.165, 1.54) is 22.2 Å². The zero-order chi connectivity index (χ0) is 24.9. The quantitative estimate of drug-likeness (QED) is 0.246. The number of hydrogen-bond donors (Lipinski definition) is 1. The van der Waals surface area contributed by atoms with Crippen LogP contribution in [-0.2, 0) is 30.6 Å². The molecule has 1 aromatic carbocycles. The van der Waals surface area contributed by atoms with Crippen LogP contribution in [0.25, 0.3) is 10.2 Å². The van der Waals surface area contributed by atoms with Gasteiger partial charge in [-0.3, -0.25) is 14.2 Å². The highest BCUT2D eigenvalue weighted by atomic mass is 32.2. The zero-order valence-corrected chi connectivity index (χ0v) is 22.1. The van der Waals surface area contributed by atoms with Crippen molar-refractivity contribution in [2.24, 2.45) is 0 Å². The Morgan fingerprint density at radius 3 is 2.74 bits per heavy atom. The minimum atomic E-state index is -0.0998. The van der Waals surface area contributed by atoms with Gasteiger partial charge in [-0.2, -0.15) is 0 Å². The number of nitrogens with zero attached hydrogens (tertiary/aromatic N) is 2. The first-order chi connectivity index (χ1) is 16.9. The Bertz CT molecular complexity index is 1310. The number of nitrogens with one attached hydrogen (secondary N) is 1. The Kier molecular flexibility index (Phi) is 8.18. The van der Waals surface area contributed by atoms with Crippen molar-refractivity contribution in [3.05, 3.63) is 56.7 Å². The highest BCUT2D eigenvalue weighted by Crippen LogP contribution is 2.35. The molecule has 0 fully saturated rings. The summed E-state index contributed by atoms with van der Waals surface area (Å²) in [6, 6.07) is 5.73. The molecule has 1 N–H and O–H groups in total. The van der Waals surface area contributed by atoms with Gasteiger partial charge < -0.3 is 14.8 Å². The lowest BCUT2D eigenvalue weighted by Crippen LogP contribution is -2.28. The maximum atomic E-state index is 13.4. The molecule has 0 unspecified atom stereocenters. The number of thioether (sulfide) groups is 1.